The number of carbonyl (C=O) groups excluding carboxylic acids is 1. The number of aromatic nitrogens is 5. The van der Waals surface area contributed by atoms with Crippen LogP contribution in [0.4, 0.5) is 17.2 Å². The van der Waals surface area contributed by atoms with Crippen molar-refractivity contribution in [2.75, 3.05) is 82.5 Å². The first-order valence-electron chi connectivity index (χ1n) is 27.7. The van der Waals surface area contributed by atoms with Crippen LogP contribution < -0.4 is 25.0 Å². The lowest BCUT2D eigenvalue weighted by molar-refractivity contribution is -0.137. The molecule has 9 rings (SSSR count). The number of rotatable bonds is 25. The molecule has 0 radical (unpaired) electrons. The number of carboxylic acids is 1. The van der Waals surface area contributed by atoms with E-state index >= 15 is 0 Å². The molecule has 7 aromatic rings. The summed E-state index contributed by atoms with van der Waals surface area (Å²) >= 11 is 6.46. The van der Waals surface area contributed by atoms with E-state index in [2.05, 4.69) is 65.0 Å². The van der Waals surface area contributed by atoms with E-state index in [9.17, 15) is 31.5 Å². The van der Waals surface area contributed by atoms with Crippen LogP contribution in [0.5, 0.6) is 11.5 Å². The molecule has 0 spiro atoms. The third-order valence-corrected chi connectivity index (χ3v) is 19.6. The topological polar surface area (TPSA) is 247 Å². The molecule has 3 atom stereocenters. The molecule has 4 heterocycles. The van der Waals surface area contributed by atoms with E-state index in [1.165, 1.54) is 10.9 Å². The molecule has 3 unspecified atom stereocenters. The molecule has 2 aliphatic heterocycles. The van der Waals surface area contributed by atoms with Gasteiger partial charge in [0.15, 0.2) is 32.1 Å². The van der Waals surface area contributed by atoms with Gasteiger partial charge in [0.25, 0.3) is 5.91 Å². The summed E-state index contributed by atoms with van der Waals surface area (Å²) in [7, 11) is -5.61. The summed E-state index contributed by atoms with van der Waals surface area (Å²) in [4.78, 5) is 39.6. The highest BCUT2D eigenvalue weighted by atomic mass is 35.5. The second-order valence-electron chi connectivity index (χ2n) is 21.2. The molecule has 0 aliphatic carbocycles. The molecule has 83 heavy (non-hydrogen) atoms. The molecule has 1 fully saturated rings. The van der Waals surface area contributed by atoms with Gasteiger partial charge in [0.2, 0.25) is 0 Å². The van der Waals surface area contributed by atoms with Crippen molar-refractivity contribution in [3.63, 3.8) is 0 Å². The van der Waals surface area contributed by atoms with Gasteiger partial charge in [-0.25, -0.2) is 31.5 Å². The third kappa shape index (κ3) is 15.0. The monoisotopic (exact) mass is 1190 g/mol. The van der Waals surface area contributed by atoms with E-state index in [-0.39, 0.29) is 65.8 Å². The van der Waals surface area contributed by atoms with E-state index in [1.54, 1.807) is 81.6 Å². The number of halogens is 1. The normalized spacial score (nSPS) is 16.7. The van der Waals surface area contributed by atoms with Crippen molar-refractivity contribution in [2.24, 2.45) is 7.05 Å². The van der Waals surface area contributed by atoms with Crippen LogP contribution in [0, 0.1) is 6.92 Å². The second kappa shape index (κ2) is 27.0. The van der Waals surface area contributed by atoms with Crippen LogP contribution in [0.3, 0.4) is 0 Å². The summed E-state index contributed by atoms with van der Waals surface area (Å²) < 4.78 is 79.3. The fraction of sp³-hybridized carbons (Fsp3) is 0.400. The molecule has 0 bridgehead atoms. The number of amides is 1. The Morgan fingerprint density at radius 3 is 2.40 bits per heavy atom. The molecular formula is C60H70ClN9O11S2. The van der Waals surface area contributed by atoms with Crippen molar-refractivity contribution in [1.82, 2.24) is 35.2 Å². The lowest BCUT2D eigenvalue weighted by Crippen LogP contribution is -2.47. The minimum atomic E-state index is -3.76. The average Bonchev–Trinajstić information content (AvgIpc) is 4.02. The zero-order valence-electron chi connectivity index (χ0n) is 47.2. The first kappa shape index (κ1) is 60.4. The number of benzene rings is 5. The summed E-state index contributed by atoms with van der Waals surface area (Å²) in [6.45, 7) is 12.9. The van der Waals surface area contributed by atoms with Gasteiger partial charge in [0, 0.05) is 70.8 Å². The van der Waals surface area contributed by atoms with Crippen molar-refractivity contribution in [2.45, 2.75) is 85.7 Å². The molecule has 5 aromatic carbocycles. The largest absolute Gasteiger partial charge is 0.489 e. The maximum atomic E-state index is 14.0. The number of anilines is 3. The Hall–Kier alpha value is -7.21. The van der Waals surface area contributed by atoms with Gasteiger partial charge in [-0.3, -0.25) is 14.5 Å². The Kier molecular flexibility index (Phi) is 19.6. The Bertz CT molecular complexity index is 3650. The molecule has 23 heteroatoms. The Morgan fingerprint density at radius 1 is 0.904 bits per heavy atom. The molecule has 2 aliphatic rings. The molecule has 2 aromatic heterocycles. The Labute approximate surface area is 489 Å². The minimum Gasteiger partial charge on any atom is -0.489 e. The maximum absolute atomic E-state index is 14.0. The molecule has 0 saturated carbocycles. The van der Waals surface area contributed by atoms with Gasteiger partial charge in [-0.15, -0.1) is 5.10 Å². The molecule has 20 nitrogen and oxygen atoms in total. The third-order valence-electron chi connectivity index (χ3n) is 15.0. The number of para-hydroxylation sites is 2. The van der Waals surface area contributed by atoms with Crippen LogP contribution in [0.2, 0.25) is 5.02 Å². The average molecular weight is 1190 g/mol. The Morgan fingerprint density at radius 2 is 1.64 bits per heavy atom. The highest BCUT2D eigenvalue weighted by molar-refractivity contribution is 7.92. The number of carbonyl (C=O) groups is 2. The molecule has 1 amide bonds. The molecular weight excluding hydrogens is 1120 g/mol. The van der Waals surface area contributed by atoms with Crippen molar-refractivity contribution >= 4 is 71.4 Å². The van der Waals surface area contributed by atoms with Crippen molar-refractivity contribution in [3.8, 4) is 11.5 Å². The summed E-state index contributed by atoms with van der Waals surface area (Å²) in [5.74, 6) is -0.573. The van der Waals surface area contributed by atoms with Gasteiger partial charge < -0.3 is 39.6 Å². The quantitative estimate of drug-likeness (QED) is 0.0463. The zero-order valence-corrected chi connectivity index (χ0v) is 49.6. The van der Waals surface area contributed by atoms with Crippen LogP contribution >= 0.6 is 11.6 Å². The number of ether oxygens (including phenoxy) is 4. The molecule has 1 saturated heterocycles. The predicted molar refractivity (Wildman–Crippen MR) is 317 cm³/mol. The second-order valence-corrected chi connectivity index (χ2v) is 26.2. The van der Waals surface area contributed by atoms with Gasteiger partial charge in [-0.2, -0.15) is 0 Å². The maximum Gasteiger partial charge on any atom is 0.304 e. The molecule has 440 valence electrons. The van der Waals surface area contributed by atoms with E-state index in [0.29, 0.717) is 77.2 Å². The Balaban J connectivity index is 0.689. The number of nitrogens with one attached hydrogen (secondary N) is 2. The van der Waals surface area contributed by atoms with E-state index < -0.39 is 42.1 Å². The van der Waals surface area contributed by atoms with Gasteiger partial charge in [-0.1, -0.05) is 71.4 Å². The predicted octanol–water partition coefficient (Wildman–Crippen LogP) is 7.75. The van der Waals surface area contributed by atoms with Crippen molar-refractivity contribution < 1.29 is 50.5 Å². The minimum absolute atomic E-state index is 0.164. The number of carboxylic acid groups (broad SMARTS) is 1. The summed E-state index contributed by atoms with van der Waals surface area (Å²) in [6.07, 6.45) is 1.86. The van der Waals surface area contributed by atoms with E-state index in [1.807, 2.05) is 32.0 Å². The fourth-order valence-corrected chi connectivity index (χ4v) is 13.7. The summed E-state index contributed by atoms with van der Waals surface area (Å²) in [5, 5.41) is 23.5. The molecule has 3 N–H and O–H groups in total. The number of hydrogen-bond donors (Lipinski definition) is 3. The SMILES string of the molecule is Cc1ccc(C(CC(=O)O)c2cc(OCC(=O)NCCOCCOCCN3CCN(c4ccc(Cc5ncc(Cl)c(Nc6ccccc6S(=O)(=O)C(C)C)n5)cc4)CC3)c3c(c2)nnn3C)cc1CC1CC(C)Oc2ccccc2S1(=O)=O. The number of hydrogen-bond acceptors (Lipinski definition) is 17. The number of sulfone groups is 2. The van der Waals surface area contributed by atoms with Crippen LogP contribution in [-0.2, 0) is 58.6 Å². The van der Waals surface area contributed by atoms with Crippen LogP contribution in [0.15, 0.2) is 119 Å². The van der Waals surface area contributed by atoms with Crippen molar-refractivity contribution in [3.05, 3.63) is 148 Å². The van der Waals surface area contributed by atoms with Crippen LogP contribution in [0.25, 0.3) is 11.0 Å². The first-order valence-corrected chi connectivity index (χ1v) is 31.2. The number of aryl methyl sites for hydroxylation is 2. The van der Waals surface area contributed by atoms with Crippen LogP contribution in [-0.4, -0.2) is 153 Å². The van der Waals surface area contributed by atoms with Gasteiger partial charge in [0.1, 0.15) is 38.3 Å². The van der Waals surface area contributed by atoms with Gasteiger partial charge in [0.05, 0.1) is 66.2 Å². The fourth-order valence-electron chi connectivity index (χ4n) is 10.4. The first-order chi connectivity index (χ1) is 39.8. The number of nitrogens with zero attached hydrogens (tertiary/aromatic N) is 7. The lowest BCUT2D eigenvalue weighted by atomic mass is 9.85. The van der Waals surface area contributed by atoms with Gasteiger partial charge in [-0.05, 0) is 110 Å². The standard InChI is InChI=1S/C60H70ClN9O11S2/c1-39(2)82(74,75)54-12-8-6-10-50(54)64-60-49(61)37-63-56(65-60)31-42-15-18-46(19-16-42)70-23-21-69(22-24-70)25-27-79-29-28-78-26-20-62-57(71)38-80-53-35-45(34-51-59(53)68(5)67-66-51)48(36-58(72)73)43-17-14-40(3)44(32-43)33-47-30-41(4)81-52-11-7-9-13-55(52)83(47,76)77/h6-19,32,34-35,37,39,41,47-48H,20-31,33,36,38H2,1-5H3,(H,62,71)(H,72,73)(H,63,64,65). The summed E-state index contributed by atoms with van der Waals surface area (Å²) in [5.41, 5.74) is 6.46. The smallest absolute Gasteiger partial charge is 0.304 e. The highest BCUT2D eigenvalue weighted by Gasteiger charge is 2.36. The lowest BCUT2D eigenvalue weighted by Gasteiger charge is -2.36. The zero-order chi connectivity index (χ0) is 58.8. The number of piperazine rings is 1. The van der Waals surface area contributed by atoms with Crippen LogP contribution in [0.1, 0.15) is 73.2 Å². The van der Waals surface area contributed by atoms with Gasteiger partial charge >= 0.3 is 5.97 Å². The van der Waals surface area contributed by atoms with E-state index in [0.717, 1.165) is 55.1 Å². The van der Waals surface area contributed by atoms with Crippen molar-refractivity contribution in [1.29, 1.82) is 0 Å². The number of fused-ring (bicyclic) bond motifs is 2. The summed E-state index contributed by atoms with van der Waals surface area (Å²) in [6, 6.07) is 30.9. The number of aliphatic carboxylic acids is 1. The van der Waals surface area contributed by atoms with E-state index in [4.69, 9.17) is 30.5 Å². The highest BCUT2D eigenvalue weighted by Crippen LogP contribution is 2.39.